The summed E-state index contributed by atoms with van der Waals surface area (Å²) in [5.41, 5.74) is 0.796. The maximum atomic E-state index is 12.7. The van der Waals surface area contributed by atoms with Gasteiger partial charge in [0.1, 0.15) is 11.5 Å². The van der Waals surface area contributed by atoms with Gasteiger partial charge in [0.2, 0.25) is 0 Å². The minimum atomic E-state index is -0.227. The van der Waals surface area contributed by atoms with Crippen molar-refractivity contribution in [3.8, 4) is 11.5 Å². The van der Waals surface area contributed by atoms with Gasteiger partial charge in [0.15, 0.2) is 5.78 Å². The lowest BCUT2D eigenvalue weighted by atomic mass is 10.0. The van der Waals surface area contributed by atoms with Crippen molar-refractivity contribution in [3.05, 3.63) is 55.4 Å². The van der Waals surface area contributed by atoms with Gasteiger partial charge < -0.3 is 9.47 Å². The molecule has 0 heterocycles. The van der Waals surface area contributed by atoms with E-state index in [1.807, 2.05) is 0 Å². The summed E-state index contributed by atoms with van der Waals surface area (Å²) in [6.07, 6.45) is 0. The van der Waals surface area contributed by atoms with Crippen molar-refractivity contribution in [2.75, 3.05) is 14.2 Å². The molecule has 0 aliphatic heterocycles. The third kappa shape index (κ3) is 3.42. The van der Waals surface area contributed by atoms with Crippen LogP contribution in [0.3, 0.4) is 0 Å². The summed E-state index contributed by atoms with van der Waals surface area (Å²) in [5.74, 6) is 0.772. The number of hydrogen-bond donors (Lipinski definition) is 0. The average molecular weight is 435 g/mol. The Hall–Kier alpha value is -1.04. The molecule has 0 fully saturated rings. The molecule has 0 bridgehead atoms. The van der Waals surface area contributed by atoms with Crippen LogP contribution in [0.15, 0.2) is 39.3 Å². The second kappa shape index (κ2) is 6.81. The van der Waals surface area contributed by atoms with Crippen LogP contribution in [-0.4, -0.2) is 20.0 Å². The van der Waals surface area contributed by atoms with Gasteiger partial charge in [-0.3, -0.25) is 4.79 Å². The zero-order valence-corrected chi connectivity index (χ0v) is 15.2. The smallest absolute Gasteiger partial charge is 0.198 e. The van der Waals surface area contributed by atoms with Crippen LogP contribution in [0, 0.1) is 0 Å². The summed E-state index contributed by atoms with van der Waals surface area (Å²) in [6.45, 7) is 0. The molecule has 0 N–H and O–H groups in total. The van der Waals surface area contributed by atoms with E-state index in [0.29, 0.717) is 32.1 Å². The van der Waals surface area contributed by atoms with Gasteiger partial charge in [0.05, 0.1) is 29.3 Å². The summed E-state index contributed by atoms with van der Waals surface area (Å²) < 4.78 is 12.0. The highest BCUT2D eigenvalue weighted by Gasteiger charge is 2.20. The first kappa shape index (κ1) is 16.3. The first-order valence-corrected chi connectivity index (χ1v) is 7.85. The molecule has 0 radical (unpaired) electrons. The highest BCUT2D eigenvalue weighted by Crippen LogP contribution is 2.35. The molecule has 3 nitrogen and oxygen atoms in total. The maximum Gasteiger partial charge on any atom is 0.198 e. The van der Waals surface area contributed by atoms with Crippen LogP contribution < -0.4 is 9.47 Å². The number of carbonyl (C=O) groups excluding carboxylic acids is 1. The summed E-state index contributed by atoms with van der Waals surface area (Å²) in [7, 11) is 3.04. The highest BCUT2D eigenvalue weighted by molar-refractivity contribution is 9.10. The molecule has 0 amide bonds. The Morgan fingerprint density at radius 1 is 1.00 bits per heavy atom. The molecule has 0 aliphatic carbocycles. The quantitative estimate of drug-likeness (QED) is 0.627. The Balaban J connectivity index is 2.56. The van der Waals surface area contributed by atoms with E-state index in [9.17, 15) is 4.79 Å². The van der Waals surface area contributed by atoms with Crippen LogP contribution in [0.5, 0.6) is 11.5 Å². The lowest BCUT2D eigenvalue weighted by Gasteiger charge is -2.12. The van der Waals surface area contributed by atoms with E-state index >= 15 is 0 Å². The zero-order valence-electron chi connectivity index (χ0n) is 11.2. The van der Waals surface area contributed by atoms with Crippen molar-refractivity contribution in [1.29, 1.82) is 0 Å². The Kier molecular flexibility index (Phi) is 5.30. The van der Waals surface area contributed by atoms with Crippen molar-refractivity contribution < 1.29 is 14.3 Å². The fourth-order valence-corrected chi connectivity index (χ4v) is 3.10. The lowest BCUT2D eigenvalue weighted by Crippen LogP contribution is -2.05. The van der Waals surface area contributed by atoms with Gasteiger partial charge in [-0.15, -0.1) is 0 Å². The van der Waals surface area contributed by atoms with Crippen LogP contribution in [0.25, 0.3) is 0 Å². The first-order chi connectivity index (χ1) is 9.97. The number of halogens is 3. The van der Waals surface area contributed by atoms with Crippen LogP contribution in [-0.2, 0) is 0 Å². The number of benzene rings is 2. The standard InChI is InChI=1S/C15H11Br2ClO3/c1-20-13-7-11(17)14(21-2)6-10(13)15(19)9-4-3-8(16)5-12(9)18/h3-7H,1-2H3. The summed E-state index contributed by atoms with van der Waals surface area (Å²) in [4.78, 5) is 12.7. The number of methoxy groups -OCH3 is 2. The molecule has 2 rings (SSSR count). The Morgan fingerprint density at radius 2 is 1.67 bits per heavy atom. The number of ketones is 1. The van der Waals surface area contributed by atoms with Gasteiger partial charge in [-0.2, -0.15) is 0 Å². The third-order valence-corrected chi connectivity index (χ3v) is 4.32. The van der Waals surface area contributed by atoms with E-state index < -0.39 is 0 Å². The van der Waals surface area contributed by atoms with Gasteiger partial charge >= 0.3 is 0 Å². The molecular weight excluding hydrogens is 423 g/mol. The number of rotatable bonds is 4. The topological polar surface area (TPSA) is 35.5 Å². The minimum Gasteiger partial charge on any atom is -0.496 e. The second-order valence-corrected chi connectivity index (χ2v) is 6.32. The predicted molar refractivity (Wildman–Crippen MR) is 89.8 cm³/mol. The number of ether oxygens (including phenoxy) is 2. The molecule has 6 heteroatoms. The van der Waals surface area contributed by atoms with Crippen molar-refractivity contribution in [2.45, 2.75) is 0 Å². The highest BCUT2D eigenvalue weighted by atomic mass is 79.9. The largest absolute Gasteiger partial charge is 0.496 e. The lowest BCUT2D eigenvalue weighted by molar-refractivity contribution is 0.103. The summed E-state index contributed by atoms with van der Waals surface area (Å²) in [5, 5.41) is 0.373. The van der Waals surface area contributed by atoms with Crippen LogP contribution in [0.2, 0.25) is 5.02 Å². The fraction of sp³-hybridized carbons (Fsp3) is 0.133. The summed E-state index contributed by atoms with van der Waals surface area (Å²) in [6, 6.07) is 8.43. The Labute approximate surface area is 144 Å². The third-order valence-electron chi connectivity index (χ3n) is 2.89. The van der Waals surface area contributed by atoms with Gasteiger partial charge in [-0.1, -0.05) is 27.5 Å². The average Bonchev–Trinajstić information content (AvgIpc) is 2.46. The predicted octanol–water partition coefficient (Wildman–Crippen LogP) is 5.11. The van der Waals surface area contributed by atoms with Gasteiger partial charge in [0.25, 0.3) is 0 Å². The van der Waals surface area contributed by atoms with E-state index in [-0.39, 0.29) is 5.78 Å². The molecule has 0 atom stereocenters. The number of carbonyl (C=O) groups is 1. The molecule has 2 aromatic carbocycles. The summed E-state index contributed by atoms with van der Waals surface area (Å²) >= 11 is 12.8. The van der Waals surface area contributed by atoms with E-state index in [2.05, 4.69) is 31.9 Å². The van der Waals surface area contributed by atoms with Crippen LogP contribution in [0.4, 0.5) is 0 Å². The van der Waals surface area contributed by atoms with E-state index in [0.717, 1.165) is 4.47 Å². The molecular formula is C15H11Br2ClO3. The Morgan fingerprint density at radius 3 is 2.24 bits per heavy atom. The molecule has 21 heavy (non-hydrogen) atoms. The molecule has 0 unspecified atom stereocenters. The van der Waals surface area contributed by atoms with Crippen molar-refractivity contribution in [1.82, 2.24) is 0 Å². The zero-order chi connectivity index (χ0) is 15.6. The normalized spacial score (nSPS) is 10.3. The van der Waals surface area contributed by atoms with Gasteiger partial charge in [-0.05, 0) is 46.3 Å². The van der Waals surface area contributed by atoms with E-state index in [1.54, 1.807) is 30.3 Å². The van der Waals surface area contributed by atoms with Gasteiger partial charge in [0, 0.05) is 10.0 Å². The van der Waals surface area contributed by atoms with Crippen LogP contribution >= 0.6 is 43.5 Å². The van der Waals surface area contributed by atoms with E-state index in [4.69, 9.17) is 21.1 Å². The molecule has 0 spiro atoms. The maximum absolute atomic E-state index is 12.7. The number of hydrogen-bond acceptors (Lipinski definition) is 3. The molecule has 0 saturated carbocycles. The molecule has 110 valence electrons. The van der Waals surface area contributed by atoms with E-state index in [1.165, 1.54) is 14.2 Å². The molecule has 0 aromatic heterocycles. The van der Waals surface area contributed by atoms with Crippen molar-refractivity contribution in [3.63, 3.8) is 0 Å². The fourth-order valence-electron chi connectivity index (χ4n) is 1.86. The molecule has 0 aliphatic rings. The van der Waals surface area contributed by atoms with Crippen molar-refractivity contribution in [2.24, 2.45) is 0 Å². The first-order valence-electron chi connectivity index (χ1n) is 5.89. The SMILES string of the molecule is COc1cc(C(=O)c2ccc(Br)cc2Cl)c(OC)cc1Br. The molecule has 0 saturated heterocycles. The van der Waals surface area contributed by atoms with Crippen LogP contribution in [0.1, 0.15) is 15.9 Å². The Bertz CT molecular complexity index is 702. The van der Waals surface area contributed by atoms with Crippen molar-refractivity contribution >= 4 is 49.2 Å². The molecule has 2 aromatic rings. The minimum absolute atomic E-state index is 0.227. The second-order valence-electron chi connectivity index (χ2n) is 4.14. The monoisotopic (exact) mass is 432 g/mol. The van der Waals surface area contributed by atoms with Gasteiger partial charge in [-0.25, -0.2) is 0 Å².